The zero-order chi connectivity index (χ0) is 16.3. The van der Waals surface area contributed by atoms with Gasteiger partial charge in [-0.15, -0.1) is 0 Å². The Kier molecular flexibility index (Phi) is 8.66. The van der Waals surface area contributed by atoms with E-state index in [1.54, 1.807) is 0 Å². The summed E-state index contributed by atoms with van der Waals surface area (Å²) in [6.45, 7) is 6.74. The number of nitrogens with zero attached hydrogens (tertiary/aromatic N) is 2. The standard InChI is InChI=1S/C20H34N2O/c1-21(2)14-9-20-10-15-22(16-11-20)13-6-17-23-18-12-19-7-4-3-5-8-19/h3-5,7-8,20H,6,9-18H2,1-2H3. The topological polar surface area (TPSA) is 15.7 Å². The molecule has 3 nitrogen and oxygen atoms in total. The molecule has 2 rings (SSSR count). The summed E-state index contributed by atoms with van der Waals surface area (Å²) in [7, 11) is 4.35. The van der Waals surface area contributed by atoms with E-state index < -0.39 is 0 Å². The van der Waals surface area contributed by atoms with Gasteiger partial charge in [0.15, 0.2) is 0 Å². The van der Waals surface area contributed by atoms with Crippen molar-refractivity contribution in [3.05, 3.63) is 35.9 Å². The molecule has 3 heteroatoms. The first-order valence-corrected chi connectivity index (χ1v) is 9.23. The first kappa shape index (κ1) is 18.4. The largest absolute Gasteiger partial charge is 0.381 e. The minimum atomic E-state index is 0.844. The van der Waals surface area contributed by atoms with E-state index in [2.05, 4.69) is 54.2 Å². The maximum absolute atomic E-state index is 5.78. The Morgan fingerprint density at radius 3 is 2.52 bits per heavy atom. The zero-order valence-corrected chi connectivity index (χ0v) is 15.0. The molecule has 1 heterocycles. The molecule has 0 N–H and O–H groups in total. The van der Waals surface area contributed by atoms with E-state index in [1.165, 1.54) is 51.0 Å². The van der Waals surface area contributed by atoms with Gasteiger partial charge in [0.2, 0.25) is 0 Å². The van der Waals surface area contributed by atoms with Crippen LogP contribution in [0.25, 0.3) is 0 Å². The lowest BCUT2D eigenvalue weighted by Crippen LogP contribution is -2.35. The van der Waals surface area contributed by atoms with Crippen molar-refractivity contribution in [2.75, 3.05) is 53.5 Å². The molecule has 0 atom stereocenters. The summed E-state index contributed by atoms with van der Waals surface area (Å²) < 4.78 is 5.78. The molecule has 0 radical (unpaired) electrons. The van der Waals surface area contributed by atoms with Crippen molar-refractivity contribution in [1.82, 2.24) is 9.80 Å². The van der Waals surface area contributed by atoms with E-state index in [4.69, 9.17) is 4.74 Å². The third-order valence-corrected chi connectivity index (χ3v) is 4.83. The fourth-order valence-electron chi connectivity index (χ4n) is 3.27. The quantitative estimate of drug-likeness (QED) is 0.616. The van der Waals surface area contributed by atoms with E-state index in [1.807, 2.05) is 0 Å². The fraction of sp³-hybridized carbons (Fsp3) is 0.700. The van der Waals surface area contributed by atoms with Crippen LogP contribution in [0.1, 0.15) is 31.2 Å². The van der Waals surface area contributed by atoms with Crippen molar-refractivity contribution in [1.29, 1.82) is 0 Å². The Hall–Kier alpha value is -0.900. The van der Waals surface area contributed by atoms with Crippen LogP contribution in [0.15, 0.2) is 30.3 Å². The van der Waals surface area contributed by atoms with Gasteiger partial charge in [0.05, 0.1) is 6.61 Å². The van der Waals surface area contributed by atoms with Crippen LogP contribution in [0.4, 0.5) is 0 Å². The average Bonchev–Trinajstić information content (AvgIpc) is 2.58. The molecule has 1 aromatic rings. The Labute approximate surface area is 142 Å². The van der Waals surface area contributed by atoms with Gasteiger partial charge in [-0.1, -0.05) is 30.3 Å². The van der Waals surface area contributed by atoms with Crippen LogP contribution in [0, 0.1) is 5.92 Å². The SMILES string of the molecule is CN(C)CCC1CCN(CCCOCCc2ccccc2)CC1. The highest BCUT2D eigenvalue weighted by atomic mass is 16.5. The molecule has 1 aliphatic heterocycles. The third-order valence-electron chi connectivity index (χ3n) is 4.83. The van der Waals surface area contributed by atoms with Gasteiger partial charge in [-0.2, -0.15) is 0 Å². The molecule has 0 unspecified atom stereocenters. The minimum Gasteiger partial charge on any atom is -0.381 e. The number of hydrogen-bond donors (Lipinski definition) is 0. The molecule has 0 aromatic heterocycles. The Bertz CT molecular complexity index is 399. The van der Waals surface area contributed by atoms with Crippen molar-refractivity contribution in [2.45, 2.75) is 32.1 Å². The number of rotatable bonds is 10. The van der Waals surface area contributed by atoms with Crippen molar-refractivity contribution in [3.63, 3.8) is 0 Å². The normalized spacial score (nSPS) is 17.0. The van der Waals surface area contributed by atoms with Gasteiger partial charge in [-0.3, -0.25) is 0 Å². The highest BCUT2D eigenvalue weighted by Crippen LogP contribution is 2.20. The molecule has 0 bridgehead atoms. The summed E-state index contributed by atoms with van der Waals surface area (Å²) in [6, 6.07) is 10.6. The highest BCUT2D eigenvalue weighted by molar-refractivity contribution is 5.14. The van der Waals surface area contributed by atoms with Gasteiger partial charge in [-0.05, 0) is 77.3 Å². The van der Waals surface area contributed by atoms with Crippen LogP contribution in [-0.2, 0) is 11.2 Å². The van der Waals surface area contributed by atoms with Gasteiger partial charge in [0, 0.05) is 13.2 Å². The van der Waals surface area contributed by atoms with Crippen molar-refractivity contribution in [3.8, 4) is 0 Å². The maximum Gasteiger partial charge on any atom is 0.0506 e. The van der Waals surface area contributed by atoms with Crippen molar-refractivity contribution in [2.24, 2.45) is 5.92 Å². The Balaban J connectivity index is 1.45. The lowest BCUT2D eigenvalue weighted by molar-refractivity contribution is 0.112. The Morgan fingerprint density at radius 1 is 1.09 bits per heavy atom. The van der Waals surface area contributed by atoms with E-state index in [0.29, 0.717) is 0 Å². The molecule has 1 saturated heterocycles. The molecular formula is C20H34N2O. The number of hydrogen-bond acceptors (Lipinski definition) is 3. The van der Waals surface area contributed by atoms with E-state index in [0.717, 1.165) is 32.0 Å². The molecule has 23 heavy (non-hydrogen) atoms. The summed E-state index contributed by atoms with van der Waals surface area (Å²) in [5.74, 6) is 0.941. The molecule has 130 valence electrons. The molecule has 1 aromatic carbocycles. The summed E-state index contributed by atoms with van der Waals surface area (Å²) in [4.78, 5) is 4.92. The fourth-order valence-corrected chi connectivity index (χ4v) is 3.27. The number of benzene rings is 1. The highest BCUT2D eigenvalue weighted by Gasteiger charge is 2.18. The minimum absolute atomic E-state index is 0.844. The lowest BCUT2D eigenvalue weighted by Gasteiger charge is -2.32. The van der Waals surface area contributed by atoms with Gasteiger partial charge < -0.3 is 14.5 Å². The second-order valence-corrected chi connectivity index (χ2v) is 7.08. The van der Waals surface area contributed by atoms with Crippen molar-refractivity contribution >= 4 is 0 Å². The first-order chi connectivity index (χ1) is 11.2. The van der Waals surface area contributed by atoms with E-state index in [9.17, 15) is 0 Å². The van der Waals surface area contributed by atoms with Crippen LogP contribution in [-0.4, -0.2) is 63.3 Å². The van der Waals surface area contributed by atoms with Gasteiger partial charge in [0.1, 0.15) is 0 Å². The predicted molar refractivity (Wildman–Crippen MR) is 97.9 cm³/mol. The maximum atomic E-state index is 5.78. The molecule has 1 aliphatic rings. The lowest BCUT2D eigenvalue weighted by atomic mass is 9.93. The zero-order valence-electron chi connectivity index (χ0n) is 15.0. The summed E-state index contributed by atoms with van der Waals surface area (Å²) in [5, 5.41) is 0. The smallest absolute Gasteiger partial charge is 0.0506 e. The molecule has 0 aliphatic carbocycles. The van der Waals surface area contributed by atoms with Crippen LogP contribution in [0.2, 0.25) is 0 Å². The third kappa shape index (κ3) is 7.96. The van der Waals surface area contributed by atoms with Crippen LogP contribution in [0.5, 0.6) is 0 Å². The molecule has 0 saturated carbocycles. The second kappa shape index (κ2) is 10.8. The molecule has 0 amide bonds. The van der Waals surface area contributed by atoms with E-state index in [-0.39, 0.29) is 0 Å². The van der Waals surface area contributed by atoms with Crippen LogP contribution < -0.4 is 0 Å². The predicted octanol–water partition coefficient (Wildman–Crippen LogP) is 3.30. The van der Waals surface area contributed by atoms with Gasteiger partial charge in [0.25, 0.3) is 0 Å². The Morgan fingerprint density at radius 2 is 1.83 bits per heavy atom. The number of piperidine rings is 1. The summed E-state index contributed by atoms with van der Waals surface area (Å²) >= 11 is 0. The molecular weight excluding hydrogens is 284 g/mol. The van der Waals surface area contributed by atoms with E-state index >= 15 is 0 Å². The van der Waals surface area contributed by atoms with Crippen molar-refractivity contribution < 1.29 is 4.74 Å². The average molecular weight is 319 g/mol. The first-order valence-electron chi connectivity index (χ1n) is 9.23. The summed E-state index contributed by atoms with van der Waals surface area (Å²) in [5.41, 5.74) is 1.37. The second-order valence-electron chi connectivity index (χ2n) is 7.08. The van der Waals surface area contributed by atoms with Gasteiger partial charge in [-0.25, -0.2) is 0 Å². The van der Waals surface area contributed by atoms with Crippen LogP contribution >= 0.6 is 0 Å². The monoisotopic (exact) mass is 318 g/mol. The molecule has 1 fully saturated rings. The van der Waals surface area contributed by atoms with Gasteiger partial charge >= 0.3 is 0 Å². The van der Waals surface area contributed by atoms with Crippen LogP contribution in [0.3, 0.4) is 0 Å². The number of ether oxygens (including phenoxy) is 1. The number of likely N-dealkylation sites (tertiary alicyclic amines) is 1. The molecule has 0 spiro atoms. The summed E-state index contributed by atoms with van der Waals surface area (Å²) in [6.07, 6.45) is 6.31.